The molecule has 0 aromatic heterocycles. The molecule has 1 nitrogen and oxygen atoms in total. The summed E-state index contributed by atoms with van der Waals surface area (Å²) in [5.41, 5.74) is 0. The molecule has 0 aromatic carbocycles. The first-order chi connectivity index (χ1) is 3.06. The van der Waals surface area contributed by atoms with E-state index in [1.165, 1.54) is 0 Å². The molecule has 44 valence electrons. The van der Waals surface area contributed by atoms with Gasteiger partial charge in [0.1, 0.15) is 0 Å². The molecule has 0 saturated heterocycles. The van der Waals surface area contributed by atoms with Crippen LogP contribution in [0.5, 0.6) is 0 Å². The van der Waals surface area contributed by atoms with Crippen molar-refractivity contribution in [1.82, 2.24) is 0 Å². The van der Waals surface area contributed by atoms with Crippen molar-refractivity contribution in [2.45, 2.75) is 24.6 Å². The molecule has 7 heavy (non-hydrogen) atoms. The first-order valence-corrected chi connectivity index (χ1v) is 3.15. The summed E-state index contributed by atoms with van der Waals surface area (Å²) < 4.78 is 0.113. The van der Waals surface area contributed by atoms with Crippen LogP contribution >= 0.6 is 15.9 Å². The Morgan fingerprint density at radius 3 is 2.00 bits per heavy atom. The van der Waals surface area contributed by atoms with Crippen molar-refractivity contribution in [3.8, 4) is 0 Å². The van der Waals surface area contributed by atoms with Crippen LogP contribution in [0.1, 0.15) is 20.3 Å². The molecule has 2 heteroatoms. The standard InChI is InChI=1S/C5H11BrO/c1-5(2,6)3-4-7/h7H,3-4H2,1-2H3. The van der Waals surface area contributed by atoms with Gasteiger partial charge in [0.15, 0.2) is 0 Å². The van der Waals surface area contributed by atoms with E-state index in [0.717, 1.165) is 6.42 Å². The summed E-state index contributed by atoms with van der Waals surface area (Å²) in [6.07, 6.45) is 0.812. The van der Waals surface area contributed by atoms with Crippen LogP contribution in [0.3, 0.4) is 0 Å². The lowest BCUT2D eigenvalue weighted by molar-refractivity contribution is 0.276. The predicted molar refractivity (Wildman–Crippen MR) is 34.7 cm³/mol. The van der Waals surface area contributed by atoms with Gasteiger partial charge >= 0.3 is 0 Å². The van der Waals surface area contributed by atoms with Crippen LogP contribution in [0, 0.1) is 0 Å². The van der Waals surface area contributed by atoms with Crippen LogP contribution in [-0.2, 0) is 0 Å². The van der Waals surface area contributed by atoms with Crippen molar-refractivity contribution < 1.29 is 5.11 Å². The Kier molecular flexibility index (Phi) is 2.84. The summed E-state index contributed by atoms with van der Waals surface area (Å²) >= 11 is 3.38. The molecule has 0 aliphatic rings. The van der Waals surface area contributed by atoms with Gasteiger partial charge in [0.05, 0.1) is 0 Å². The molecule has 0 amide bonds. The quantitative estimate of drug-likeness (QED) is 0.618. The molecule has 0 radical (unpaired) electrons. The van der Waals surface area contributed by atoms with Crippen molar-refractivity contribution in [2.24, 2.45) is 0 Å². The van der Waals surface area contributed by atoms with Gasteiger partial charge in [-0.25, -0.2) is 0 Å². The van der Waals surface area contributed by atoms with E-state index in [9.17, 15) is 0 Å². The Labute approximate surface area is 52.9 Å². The van der Waals surface area contributed by atoms with Crippen LogP contribution in [-0.4, -0.2) is 16.0 Å². The average Bonchev–Trinajstić information content (AvgIpc) is 1.30. The van der Waals surface area contributed by atoms with E-state index in [4.69, 9.17) is 5.11 Å². The predicted octanol–water partition coefficient (Wildman–Crippen LogP) is 1.54. The first-order valence-electron chi connectivity index (χ1n) is 2.36. The molecule has 0 fully saturated rings. The Hall–Kier alpha value is 0.440. The van der Waals surface area contributed by atoms with Crippen LogP contribution in [0.15, 0.2) is 0 Å². The monoisotopic (exact) mass is 166 g/mol. The van der Waals surface area contributed by atoms with E-state index in [1.807, 2.05) is 13.8 Å². The van der Waals surface area contributed by atoms with E-state index >= 15 is 0 Å². The van der Waals surface area contributed by atoms with Crippen LogP contribution < -0.4 is 0 Å². The minimum Gasteiger partial charge on any atom is -0.396 e. The van der Waals surface area contributed by atoms with Gasteiger partial charge < -0.3 is 5.11 Å². The third-order valence-corrected chi connectivity index (χ3v) is 1.10. The number of rotatable bonds is 2. The molecule has 0 saturated carbocycles. The SMILES string of the molecule is CC(C)(Br)CCO. The number of hydrogen-bond acceptors (Lipinski definition) is 1. The Bertz CT molecular complexity index is 46.5. The lowest BCUT2D eigenvalue weighted by Gasteiger charge is -2.12. The second-order valence-corrected chi connectivity index (χ2v) is 4.34. The third kappa shape index (κ3) is 6.44. The minimum absolute atomic E-state index is 0.113. The molecular weight excluding hydrogens is 156 g/mol. The largest absolute Gasteiger partial charge is 0.396 e. The van der Waals surface area contributed by atoms with Crippen molar-refractivity contribution in [3.63, 3.8) is 0 Å². The highest BCUT2D eigenvalue weighted by Crippen LogP contribution is 2.18. The van der Waals surface area contributed by atoms with Gasteiger partial charge in [0.25, 0.3) is 0 Å². The molecule has 0 aliphatic carbocycles. The lowest BCUT2D eigenvalue weighted by atomic mass is 10.1. The molecule has 0 aliphatic heterocycles. The Morgan fingerprint density at radius 2 is 2.00 bits per heavy atom. The summed E-state index contributed by atoms with van der Waals surface area (Å²) in [4.78, 5) is 0. The molecule has 0 heterocycles. The van der Waals surface area contributed by atoms with Crippen molar-refractivity contribution in [2.75, 3.05) is 6.61 Å². The summed E-state index contributed by atoms with van der Waals surface area (Å²) in [6.45, 7) is 4.32. The van der Waals surface area contributed by atoms with E-state index in [0.29, 0.717) is 0 Å². The van der Waals surface area contributed by atoms with Gasteiger partial charge in [0.2, 0.25) is 0 Å². The maximum atomic E-state index is 8.37. The maximum absolute atomic E-state index is 8.37. The number of halogens is 1. The molecule has 0 aromatic rings. The zero-order valence-electron chi connectivity index (χ0n) is 4.74. The van der Waals surface area contributed by atoms with Gasteiger partial charge in [-0.05, 0) is 20.3 Å². The molecule has 0 atom stereocenters. The molecule has 0 bridgehead atoms. The summed E-state index contributed by atoms with van der Waals surface area (Å²) in [5, 5.41) is 8.37. The highest BCUT2D eigenvalue weighted by atomic mass is 79.9. The second-order valence-electron chi connectivity index (χ2n) is 2.19. The topological polar surface area (TPSA) is 20.2 Å². The number of aliphatic hydroxyl groups excluding tert-OH is 1. The van der Waals surface area contributed by atoms with Gasteiger partial charge in [-0.3, -0.25) is 0 Å². The fraction of sp³-hybridized carbons (Fsp3) is 1.00. The average molecular weight is 167 g/mol. The zero-order chi connectivity index (χ0) is 5.91. The van der Waals surface area contributed by atoms with E-state index in [2.05, 4.69) is 15.9 Å². The highest BCUT2D eigenvalue weighted by molar-refractivity contribution is 9.10. The second kappa shape index (κ2) is 2.68. The first kappa shape index (κ1) is 7.44. The molecular formula is C5H11BrO. The molecule has 0 unspecified atom stereocenters. The lowest BCUT2D eigenvalue weighted by Crippen LogP contribution is -2.10. The minimum atomic E-state index is 0.113. The fourth-order valence-corrected chi connectivity index (χ4v) is 0.443. The fourth-order valence-electron chi connectivity index (χ4n) is 0.266. The van der Waals surface area contributed by atoms with Crippen molar-refractivity contribution >= 4 is 15.9 Å². The maximum Gasteiger partial charge on any atom is 0.0444 e. The third-order valence-electron chi connectivity index (χ3n) is 0.706. The van der Waals surface area contributed by atoms with E-state index in [1.54, 1.807) is 0 Å². The van der Waals surface area contributed by atoms with Crippen LogP contribution in [0.4, 0.5) is 0 Å². The molecule has 1 N–H and O–H groups in total. The van der Waals surface area contributed by atoms with E-state index < -0.39 is 0 Å². The van der Waals surface area contributed by atoms with Crippen LogP contribution in [0.2, 0.25) is 0 Å². The number of alkyl halides is 1. The van der Waals surface area contributed by atoms with Gasteiger partial charge in [-0.15, -0.1) is 0 Å². The van der Waals surface area contributed by atoms with Crippen molar-refractivity contribution in [1.29, 1.82) is 0 Å². The highest BCUT2D eigenvalue weighted by Gasteiger charge is 2.09. The van der Waals surface area contributed by atoms with Gasteiger partial charge in [-0.2, -0.15) is 0 Å². The summed E-state index contributed by atoms with van der Waals surface area (Å²) in [7, 11) is 0. The van der Waals surface area contributed by atoms with Gasteiger partial charge in [-0.1, -0.05) is 15.9 Å². The Balaban J connectivity index is 3.15. The smallest absolute Gasteiger partial charge is 0.0444 e. The normalized spacial score (nSPS) is 12.0. The van der Waals surface area contributed by atoms with Crippen LogP contribution in [0.25, 0.3) is 0 Å². The summed E-state index contributed by atoms with van der Waals surface area (Å²) in [5.74, 6) is 0. The van der Waals surface area contributed by atoms with Crippen molar-refractivity contribution in [3.05, 3.63) is 0 Å². The number of hydrogen-bond donors (Lipinski definition) is 1. The molecule has 0 rings (SSSR count). The summed E-state index contributed by atoms with van der Waals surface area (Å²) in [6, 6.07) is 0. The Morgan fingerprint density at radius 1 is 1.57 bits per heavy atom. The van der Waals surface area contributed by atoms with E-state index in [-0.39, 0.29) is 10.9 Å². The zero-order valence-corrected chi connectivity index (χ0v) is 6.33. The number of aliphatic hydroxyl groups is 1. The van der Waals surface area contributed by atoms with Gasteiger partial charge in [0, 0.05) is 10.9 Å². The molecule has 0 spiro atoms.